The Labute approximate surface area is 166 Å². The van der Waals surface area contributed by atoms with E-state index >= 15 is 0 Å². The number of nitrogens with one attached hydrogen (secondary N) is 2. The summed E-state index contributed by atoms with van der Waals surface area (Å²) in [5.74, 6) is -0.164. The number of hydrogen-bond acceptors (Lipinski definition) is 4. The van der Waals surface area contributed by atoms with E-state index in [1.54, 1.807) is 11.0 Å². The number of hydrazine groups is 1. The first-order chi connectivity index (χ1) is 13.1. The van der Waals surface area contributed by atoms with Crippen LogP contribution in [-0.2, 0) is 14.4 Å². The van der Waals surface area contributed by atoms with Crippen LogP contribution in [0.15, 0.2) is 18.2 Å². The molecule has 0 unspecified atom stereocenters. The third-order valence-electron chi connectivity index (χ3n) is 4.97. The summed E-state index contributed by atoms with van der Waals surface area (Å²) in [6, 6.07) is 5.61. The van der Waals surface area contributed by atoms with Crippen LogP contribution in [0.3, 0.4) is 0 Å². The van der Waals surface area contributed by atoms with Gasteiger partial charge >= 0.3 is 0 Å². The van der Waals surface area contributed by atoms with Gasteiger partial charge in [-0.2, -0.15) is 0 Å². The van der Waals surface area contributed by atoms with Crippen molar-refractivity contribution in [3.8, 4) is 5.75 Å². The van der Waals surface area contributed by atoms with Crippen LogP contribution in [0, 0.1) is 25.2 Å². The van der Waals surface area contributed by atoms with Gasteiger partial charge in [0, 0.05) is 24.4 Å². The highest BCUT2D eigenvalue weighted by atomic mass is 16.5. The molecule has 0 aliphatic carbocycles. The molecule has 0 aromatic heterocycles. The van der Waals surface area contributed by atoms with E-state index in [9.17, 15) is 14.4 Å². The molecule has 0 saturated carbocycles. The highest BCUT2D eigenvalue weighted by molar-refractivity contribution is 5.85. The third kappa shape index (κ3) is 5.97. The SMILES string of the molecule is Cc1ccc(OCC(=O)NNC(=O)C2CCN(C(=O)C(C)(C)C)CC2)cc1C. The number of rotatable bonds is 4. The van der Waals surface area contributed by atoms with E-state index in [1.165, 1.54) is 0 Å². The van der Waals surface area contributed by atoms with Crippen LogP contribution < -0.4 is 15.6 Å². The number of aryl methyl sites for hydroxylation is 2. The molecule has 1 saturated heterocycles. The van der Waals surface area contributed by atoms with Crippen molar-refractivity contribution in [1.82, 2.24) is 15.8 Å². The second-order valence-electron chi connectivity index (χ2n) is 8.39. The molecule has 1 aliphatic rings. The van der Waals surface area contributed by atoms with Crippen molar-refractivity contribution in [2.75, 3.05) is 19.7 Å². The molecule has 2 rings (SSSR count). The molecule has 154 valence electrons. The molecule has 7 nitrogen and oxygen atoms in total. The summed E-state index contributed by atoms with van der Waals surface area (Å²) in [7, 11) is 0. The van der Waals surface area contributed by atoms with Crippen molar-refractivity contribution in [1.29, 1.82) is 0 Å². The van der Waals surface area contributed by atoms with E-state index in [0.717, 1.165) is 11.1 Å². The van der Waals surface area contributed by atoms with Gasteiger partial charge < -0.3 is 9.64 Å². The molecule has 2 N–H and O–H groups in total. The molecule has 0 spiro atoms. The van der Waals surface area contributed by atoms with Crippen molar-refractivity contribution in [3.05, 3.63) is 29.3 Å². The average Bonchev–Trinajstić information content (AvgIpc) is 2.65. The predicted molar refractivity (Wildman–Crippen MR) is 106 cm³/mol. The Morgan fingerprint density at radius 1 is 1.07 bits per heavy atom. The maximum atomic E-state index is 12.3. The maximum absolute atomic E-state index is 12.3. The van der Waals surface area contributed by atoms with E-state index < -0.39 is 11.3 Å². The lowest BCUT2D eigenvalue weighted by Gasteiger charge is -2.35. The molecular weight excluding hydrogens is 358 g/mol. The van der Waals surface area contributed by atoms with Gasteiger partial charge in [-0.05, 0) is 49.9 Å². The van der Waals surface area contributed by atoms with Crippen LogP contribution in [0.5, 0.6) is 5.75 Å². The fourth-order valence-corrected chi connectivity index (χ4v) is 3.04. The smallest absolute Gasteiger partial charge is 0.276 e. The average molecular weight is 389 g/mol. The van der Waals surface area contributed by atoms with E-state index in [1.807, 2.05) is 46.8 Å². The maximum Gasteiger partial charge on any atom is 0.276 e. The van der Waals surface area contributed by atoms with E-state index in [2.05, 4.69) is 10.9 Å². The summed E-state index contributed by atoms with van der Waals surface area (Å²) in [5.41, 5.74) is 6.67. The van der Waals surface area contributed by atoms with Gasteiger partial charge in [0.2, 0.25) is 11.8 Å². The van der Waals surface area contributed by atoms with Crippen molar-refractivity contribution < 1.29 is 19.1 Å². The molecule has 7 heteroatoms. The summed E-state index contributed by atoms with van der Waals surface area (Å²) < 4.78 is 5.45. The summed E-state index contributed by atoms with van der Waals surface area (Å²) >= 11 is 0. The molecule has 0 bridgehead atoms. The minimum Gasteiger partial charge on any atom is -0.484 e. The van der Waals surface area contributed by atoms with Gasteiger partial charge in [-0.25, -0.2) is 0 Å². The topological polar surface area (TPSA) is 87.7 Å². The minimum absolute atomic E-state index is 0.100. The molecule has 1 aliphatic heterocycles. The Bertz CT molecular complexity index is 732. The number of ether oxygens (including phenoxy) is 1. The highest BCUT2D eigenvalue weighted by Gasteiger charge is 2.32. The Morgan fingerprint density at radius 2 is 1.71 bits per heavy atom. The van der Waals surface area contributed by atoms with Crippen LogP contribution in [0.4, 0.5) is 0 Å². The third-order valence-corrected chi connectivity index (χ3v) is 4.97. The second kappa shape index (κ2) is 9.08. The summed E-state index contributed by atoms with van der Waals surface area (Å²) in [4.78, 5) is 38.3. The molecular formula is C21H31N3O4. The number of nitrogens with zero attached hydrogens (tertiary/aromatic N) is 1. The van der Waals surface area contributed by atoms with Crippen LogP contribution >= 0.6 is 0 Å². The number of piperidine rings is 1. The number of amides is 3. The van der Waals surface area contributed by atoms with Gasteiger partial charge in [0.25, 0.3) is 5.91 Å². The van der Waals surface area contributed by atoms with E-state index in [0.29, 0.717) is 31.7 Å². The van der Waals surface area contributed by atoms with Gasteiger partial charge in [-0.15, -0.1) is 0 Å². The zero-order valence-electron chi connectivity index (χ0n) is 17.4. The van der Waals surface area contributed by atoms with Crippen LogP contribution in [0.2, 0.25) is 0 Å². The first-order valence-corrected chi connectivity index (χ1v) is 9.66. The number of benzene rings is 1. The number of carbonyl (C=O) groups excluding carboxylic acids is 3. The lowest BCUT2D eigenvalue weighted by molar-refractivity contribution is -0.142. The Balaban J connectivity index is 1.71. The lowest BCUT2D eigenvalue weighted by Crippen LogP contribution is -2.50. The van der Waals surface area contributed by atoms with Gasteiger partial charge in [0.1, 0.15) is 5.75 Å². The first kappa shape index (κ1) is 21.7. The lowest BCUT2D eigenvalue weighted by atomic mass is 9.91. The van der Waals surface area contributed by atoms with Crippen LogP contribution in [-0.4, -0.2) is 42.3 Å². The predicted octanol–water partition coefficient (Wildman–Crippen LogP) is 2.11. The molecule has 1 fully saturated rings. The van der Waals surface area contributed by atoms with Crippen molar-refractivity contribution >= 4 is 17.7 Å². The molecule has 1 heterocycles. The summed E-state index contributed by atoms with van der Waals surface area (Å²) in [6.07, 6.45) is 1.17. The van der Waals surface area contributed by atoms with Crippen LogP contribution in [0.1, 0.15) is 44.7 Å². The zero-order valence-corrected chi connectivity index (χ0v) is 17.4. The monoisotopic (exact) mass is 389 g/mol. The first-order valence-electron chi connectivity index (χ1n) is 9.66. The minimum atomic E-state index is -0.424. The Hall–Kier alpha value is -2.57. The van der Waals surface area contributed by atoms with Crippen molar-refractivity contribution in [2.45, 2.75) is 47.5 Å². The number of carbonyl (C=O) groups is 3. The van der Waals surface area contributed by atoms with Crippen LogP contribution in [0.25, 0.3) is 0 Å². The van der Waals surface area contributed by atoms with Crippen molar-refractivity contribution in [3.63, 3.8) is 0 Å². The zero-order chi connectivity index (χ0) is 20.9. The Morgan fingerprint density at radius 3 is 2.29 bits per heavy atom. The van der Waals surface area contributed by atoms with Gasteiger partial charge in [0.05, 0.1) is 0 Å². The molecule has 1 aromatic carbocycles. The largest absolute Gasteiger partial charge is 0.484 e. The summed E-state index contributed by atoms with van der Waals surface area (Å²) in [6.45, 7) is 10.6. The van der Waals surface area contributed by atoms with E-state index in [-0.39, 0.29) is 24.3 Å². The van der Waals surface area contributed by atoms with Gasteiger partial charge in [-0.1, -0.05) is 26.8 Å². The highest BCUT2D eigenvalue weighted by Crippen LogP contribution is 2.23. The van der Waals surface area contributed by atoms with Gasteiger partial charge in [0.15, 0.2) is 6.61 Å². The second-order valence-corrected chi connectivity index (χ2v) is 8.39. The Kier molecular flexibility index (Phi) is 7.05. The van der Waals surface area contributed by atoms with E-state index in [4.69, 9.17) is 4.74 Å². The molecule has 3 amide bonds. The number of likely N-dealkylation sites (tertiary alicyclic amines) is 1. The summed E-state index contributed by atoms with van der Waals surface area (Å²) in [5, 5.41) is 0. The van der Waals surface area contributed by atoms with Crippen molar-refractivity contribution in [2.24, 2.45) is 11.3 Å². The fraction of sp³-hybridized carbons (Fsp3) is 0.571. The molecule has 0 radical (unpaired) electrons. The molecule has 1 aromatic rings. The molecule has 28 heavy (non-hydrogen) atoms. The standard InChI is InChI=1S/C21H31N3O4/c1-14-6-7-17(12-15(14)2)28-13-18(25)22-23-19(26)16-8-10-24(11-9-16)20(27)21(3,4)5/h6-7,12,16H,8-11,13H2,1-5H3,(H,22,25)(H,23,26). The quantitative estimate of drug-likeness (QED) is 0.772. The molecule has 0 atom stereocenters. The number of hydrogen-bond donors (Lipinski definition) is 2. The fourth-order valence-electron chi connectivity index (χ4n) is 3.04. The normalized spacial score (nSPS) is 15.1. The van der Waals surface area contributed by atoms with Gasteiger partial charge in [-0.3, -0.25) is 25.2 Å².